The summed E-state index contributed by atoms with van der Waals surface area (Å²) in [5.74, 6) is 0. The van der Waals surface area contributed by atoms with Gasteiger partial charge in [-0.25, -0.2) is 0 Å². The fraction of sp³-hybridized carbons (Fsp3) is 0.111. The number of rotatable bonds is 2. The summed E-state index contributed by atoms with van der Waals surface area (Å²) in [5.41, 5.74) is 1.63. The molecule has 1 aromatic rings. The molecule has 0 unspecified atom stereocenters. The lowest BCUT2D eigenvalue weighted by atomic mass is 10.1. The van der Waals surface area contributed by atoms with Crippen LogP contribution in [-0.2, 0) is 6.61 Å². The number of hydrogen-bond donors (Lipinski definition) is 1. The van der Waals surface area contributed by atoms with E-state index in [4.69, 9.17) is 16.7 Å². The van der Waals surface area contributed by atoms with Crippen molar-refractivity contribution in [3.05, 3.63) is 40.9 Å². The molecule has 0 bridgehead atoms. The van der Waals surface area contributed by atoms with Gasteiger partial charge in [0.1, 0.15) is 0 Å². The smallest absolute Gasteiger partial charge is 0.0688 e. The summed E-state index contributed by atoms with van der Waals surface area (Å²) in [6.45, 7) is 3.61. The zero-order valence-electron chi connectivity index (χ0n) is 6.05. The van der Waals surface area contributed by atoms with Crippen molar-refractivity contribution in [2.24, 2.45) is 0 Å². The molecule has 0 saturated carbocycles. The van der Waals surface area contributed by atoms with Crippen molar-refractivity contribution in [2.75, 3.05) is 0 Å². The second-order valence-electron chi connectivity index (χ2n) is 2.17. The predicted octanol–water partition coefficient (Wildman–Crippen LogP) is 2.48. The molecule has 0 fully saturated rings. The van der Waals surface area contributed by atoms with E-state index < -0.39 is 0 Å². The first kappa shape index (κ1) is 8.31. The lowest BCUT2D eigenvalue weighted by Gasteiger charge is -2.03. The van der Waals surface area contributed by atoms with Crippen LogP contribution in [-0.4, -0.2) is 5.11 Å². The standard InChI is InChI=1S/C9H9ClO/c1-2-8-7(6-11)4-3-5-9(8)10/h2-5,11H,1,6H2. The van der Waals surface area contributed by atoms with E-state index in [-0.39, 0.29) is 6.61 Å². The highest BCUT2D eigenvalue weighted by Gasteiger charge is 2.00. The zero-order valence-corrected chi connectivity index (χ0v) is 6.80. The summed E-state index contributed by atoms with van der Waals surface area (Å²) < 4.78 is 0. The lowest BCUT2D eigenvalue weighted by Crippen LogP contribution is -1.87. The van der Waals surface area contributed by atoms with E-state index in [0.717, 1.165) is 11.1 Å². The first-order valence-electron chi connectivity index (χ1n) is 3.30. The number of halogens is 1. The molecule has 0 aliphatic heterocycles. The third kappa shape index (κ3) is 1.62. The van der Waals surface area contributed by atoms with Gasteiger partial charge in [-0.1, -0.05) is 36.4 Å². The largest absolute Gasteiger partial charge is 0.392 e. The minimum Gasteiger partial charge on any atom is -0.392 e. The summed E-state index contributed by atoms with van der Waals surface area (Å²) in [6.07, 6.45) is 1.65. The normalized spacial score (nSPS) is 9.64. The molecule has 1 rings (SSSR count). The van der Waals surface area contributed by atoms with Crippen LogP contribution in [0.25, 0.3) is 6.08 Å². The third-order valence-electron chi connectivity index (χ3n) is 1.52. The SMILES string of the molecule is C=Cc1c(Cl)cccc1CO. The minimum atomic E-state index is 0.00190. The van der Waals surface area contributed by atoms with Gasteiger partial charge in [0.05, 0.1) is 6.61 Å². The molecule has 0 heterocycles. The Morgan fingerprint density at radius 1 is 1.55 bits per heavy atom. The molecule has 0 atom stereocenters. The number of aliphatic hydroxyl groups excluding tert-OH is 1. The highest BCUT2D eigenvalue weighted by Crippen LogP contribution is 2.20. The number of benzene rings is 1. The Bertz CT molecular complexity index is 268. The quantitative estimate of drug-likeness (QED) is 0.720. The van der Waals surface area contributed by atoms with E-state index in [1.165, 1.54) is 0 Å². The maximum atomic E-state index is 8.87. The first-order valence-corrected chi connectivity index (χ1v) is 3.68. The topological polar surface area (TPSA) is 20.2 Å². The van der Waals surface area contributed by atoms with Crippen molar-refractivity contribution in [3.63, 3.8) is 0 Å². The van der Waals surface area contributed by atoms with Crippen LogP contribution in [0.1, 0.15) is 11.1 Å². The van der Waals surface area contributed by atoms with Crippen molar-refractivity contribution >= 4 is 17.7 Å². The maximum absolute atomic E-state index is 8.87. The molecule has 0 amide bonds. The zero-order chi connectivity index (χ0) is 8.27. The van der Waals surface area contributed by atoms with E-state index in [1.54, 1.807) is 18.2 Å². The maximum Gasteiger partial charge on any atom is 0.0688 e. The monoisotopic (exact) mass is 168 g/mol. The Hall–Kier alpha value is -0.790. The van der Waals surface area contributed by atoms with Crippen LogP contribution in [0.15, 0.2) is 24.8 Å². The van der Waals surface area contributed by atoms with Crippen LogP contribution in [0.4, 0.5) is 0 Å². The van der Waals surface area contributed by atoms with Gasteiger partial charge in [-0.3, -0.25) is 0 Å². The first-order chi connectivity index (χ1) is 5.29. The van der Waals surface area contributed by atoms with E-state index in [2.05, 4.69) is 6.58 Å². The molecular formula is C9H9ClO. The Balaban J connectivity index is 3.24. The molecule has 0 aliphatic rings. The van der Waals surface area contributed by atoms with Crippen LogP contribution >= 0.6 is 11.6 Å². The average molecular weight is 169 g/mol. The van der Waals surface area contributed by atoms with E-state index >= 15 is 0 Å². The fourth-order valence-electron chi connectivity index (χ4n) is 0.948. The van der Waals surface area contributed by atoms with E-state index in [9.17, 15) is 0 Å². The highest BCUT2D eigenvalue weighted by molar-refractivity contribution is 6.32. The molecule has 1 N–H and O–H groups in total. The summed E-state index contributed by atoms with van der Waals surface area (Å²) >= 11 is 5.83. The molecule has 11 heavy (non-hydrogen) atoms. The van der Waals surface area contributed by atoms with E-state index in [1.807, 2.05) is 6.07 Å². The fourth-order valence-corrected chi connectivity index (χ4v) is 1.22. The number of hydrogen-bond acceptors (Lipinski definition) is 1. The van der Waals surface area contributed by atoms with Crippen LogP contribution in [0.2, 0.25) is 5.02 Å². The predicted molar refractivity (Wildman–Crippen MR) is 47.5 cm³/mol. The van der Waals surface area contributed by atoms with Crippen molar-refractivity contribution in [1.82, 2.24) is 0 Å². The van der Waals surface area contributed by atoms with Gasteiger partial charge < -0.3 is 5.11 Å². The average Bonchev–Trinajstić information content (AvgIpc) is 2.04. The van der Waals surface area contributed by atoms with Crippen molar-refractivity contribution in [1.29, 1.82) is 0 Å². The molecule has 0 aliphatic carbocycles. The molecule has 0 spiro atoms. The van der Waals surface area contributed by atoms with E-state index in [0.29, 0.717) is 5.02 Å². The minimum absolute atomic E-state index is 0.00190. The van der Waals surface area contributed by atoms with Gasteiger partial charge in [0.25, 0.3) is 0 Å². The molecule has 0 aromatic heterocycles. The van der Waals surface area contributed by atoms with Crippen LogP contribution in [0.5, 0.6) is 0 Å². The summed E-state index contributed by atoms with van der Waals surface area (Å²) in [7, 11) is 0. The summed E-state index contributed by atoms with van der Waals surface area (Å²) in [5, 5.41) is 9.50. The van der Waals surface area contributed by atoms with Gasteiger partial charge >= 0.3 is 0 Å². The van der Waals surface area contributed by atoms with Crippen molar-refractivity contribution in [3.8, 4) is 0 Å². The van der Waals surface area contributed by atoms with Crippen LogP contribution in [0.3, 0.4) is 0 Å². The lowest BCUT2D eigenvalue weighted by molar-refractivity contribution is 0.281. The van der Waals surface area contributed by atoms with Crippen molar-refractivity contribution in [2.45, 2.75) is 6.61 Å². The van der Waals surface area contributed by atoms with Gasteiger partial charge in [0.2, 0.25) is 0 Å². The molecule has 1 nitrogen and oxygen atoms in total. The Morgan fingerprint density at radius 3 is 2.73 bits per heavy atom. The van der Waals surface area contributed by atoms with Gasteiger partial charge in [-0.15, -0.1) is 0 Å². The summed E-state index contributed by atoms with van der Waals surface area (Å²) in [4.78, 5) is 0. The molecule has 2 heteroatoms. The molecule has 0 radical (unpaired) electrons. The molecule has 1 aromatic carbocycles. The third-order valence-corrected chi connectivity index (χ3v) is 1.85. The second kappa shape index (κ2) is 3.56. The Labute approximate surface area is 70.9 Å². The van der Waals surface area contributed by atoms with Gasteiger partial charge in [-0.05, 0) is 17.2 Å². The number of aliphatic hydroxyl groups is 1. The van der Waals surface area contributed by atoms with Crippen LogP contribution < -0.4 is 0 Å². The van der Waals surface area contributed by atoms with Crippen molar-refractivity contribution < 1.29 is 5.11 Å². The Kier molecular flexibility index (Phi) is 2.69. The second-order valence-corrected chi connectivity index (χ2v) is 2.58. The van der Waals surface area contributed by atoms with Crippen LogP contribution in [0, 0.1) is 0 Å². The van der Waals surface area contributed by atoms with Gasteiger partial charge in [-0.2, -0.15) is 0 Å². The van der Waals surface area contributed by atoms with Gasteiger partial charge in [0.15, 0.2) is 0 Å². The summed E-state index contributed by atoms with van der Waals surface area (Å²) in [6, 6.07) is 5.40. The highest BCUT2D eigenvalue weighted by atomic mass is 35.5. The molecule has 0 saturated heterocycles. The molecule has 58 valence electrons. The Morgan fingerprint density at radius 2 is 2.27 bits per heavy atom. The van der Waals surface area contributed by atoms with Gasteiger partial charge in [0, 0.05) is 5.02 Å². The molecular weight excluding hydrogens is 160 g/mol.